The molecule has 0 saturated carbocycles. The molecule has 0 radical (unpaired) electrons. The maximum absolute atomic E-state index is 6.05. The van der Waals surface area contributed by atoms with Gasteiger partial charge < -0.3 is 0 Å². The highest BCUT2D eigenvalue weighted by molar-refractivity contribution is 6.18. The Morgan fingerprint density at radius 1 is 0.923 bits per heavy atom. The van der Waals surface area contributed by atoms with E-state index in [1.165, 1.54) is 25.7 Å². The van der Waals surface area contributed by atoms with E-state index in [0.717, 1.165) is 5.88 Å². The van der Waals surface area contributed by atoms with Crippen molar-refractivity contribution < 1.29 is 0 Å². The maximum atomic E-state index is 6.05. The van der Waals surface area contributed by atoms with Gasteiger partial charge in [0.25, 0.3) is 0 Å². The Hall–Kier alpha value is 0.290. The van der Waals surface area contributed by atoms with Crippen molar-refractivity contribution >= 4 is 11.6 Å². The van der Waals surface area contributed by atoms with E-state index in [1.54, 1.807) is 0 Å². The minimum absolute atomic E-state index is 0.398. The Labute approximate surface area is 89.1 Å². The molecule has 0 amide bonds. The molecule has 0 aromatic rings. The van der Waals surface area contributed by atoms with Gasteiger partial charge in [0.05, 0.1) is 0 Å². The number of halogens is 1. The molecule has 0 saturated heterocycles. The van der Waals surface area contributed by atoms with Gasteiger partial charge in [-0.15, -0.1) is 11.6 Å². The molecule has 0 aliphatic heterocycles. The molecule has 0 bridgehead atoms. The Bertz CT molecular complexity index is 120. The summed E-state index contributed by atoms with van der Waals surface area (Å²) in [5, 5.41) is 0. The monoisotopic (exact) mass is 204 g/mol. The first-order valence-corrected chi connectivity index (χ1v) is 5.98. The first-order valence-electron chi connectivity index (χ1n) is 5.45. The summed E-state index contributed by atoms with van der Waals surface area (Å²) in [6.07, 6.45) is 4.97. The van der Waals surface area contributed by atoms with Crippen molar-refractivity contribution in [2.45, 2.75) is 60.3 Å². The van der Waals surface area contributed by atoms with E-state index in [-0.39, 0.29) is 0 Å². The molecule has 0 spiro atoms. The highest BCUT2D eigenvalue weighted by Crippen LogP contribution is 2.37. The molecule has 1 heteroatoms. The Balaban J connectivity index is 4.11. The second kappa shape index (κ2) is 5.24. The lowest BCUT2D eigenvalue weighted by atomic mass is 9.75. The molecule has 0 aliphatic carbocycles. The lowest BCUT2D eigenvalue weighted by Crippen LogP contribution is -2.23. The van der Waals surface area contributed by atoms with Gasteiger partial charge in [0, 0.05) is 5.88 Å². The standard InChI is InChI=1S/C12H25Cl/c1-6-12(7-2,10-13)9-8-11(3,4)5/h6-10H2,1-5H3. The Kier molecular flexibility index (Phi) is 5.36. The van der Waals surface area contributed by atoms with Crippen molar-refractivity contribution in [3.8, 4) is 0 Å². The molecule has 0 heterocycles. The van der Waals surface area contributed by atoms with Crippen molar-refractivity contribution in [2.75, 3.05) is 5.88 Å². The van der Waals surface area contributed by atoms with Gasteiger partial charge in [0.1, 0.15) is 0 Å². The van der Waals surface area contributed by atoms with E-state index in [9.17, 15) is 0 Å². The van der Waals surface area contributed by atoms with Gasteiger partial charge >= 0.3 is 0 Å². The summed E-state index contributed by atoms with van der Waals surface area (Å²) < 4.78 is 0. The van der Waals surface area contributed by atoms with Gasteiger partial charge in [-0.2, -0.15) is 0 Å². The van der Waals surface area contributed by atoms with Gasteiger partial charge in [-0.1, -0.05) is 34.6 Å². The van der Waals surface area contributed by atoms with Crippen molar-refractivity contribution in [2.24, 2.45) is 10.8 Å². The second-order valence-electron chi connectivity index (χ2n) is 5.40. The first-order chi connectivity index (χ1) is 5.89. The van der Waals surface area contributed by atoms with E-state index >= 15 is 0 Å². The summed E-state index contributed by atoms with van der Waals surface area (Å²) in [7, 11) is 0. The number of hydrogen-bond donors (Lipinski definition) is 0. The number of hydrogen-bond acceptors (Lipinski definition) is 0. The molecule has 0 nitrogen and oxygen atoms in total. The predicted octanol–water partition coefficient (Wildman–Crippen LogP) is 4.86. The van der Waals surface area contributed by atoms with Crippen molar-refractivity contribution in [3.05, 3.63) is 0 Å². The quantitative estimate of drug-likeness (QED) is 0.562. The van der Waals surface area contributed by atoms with Crippen LogP contribution in [-0.4, -0.2) is 5.88 Å². The van der Waals surface area contributed by atoms with E-state index < -0.39 is 0 Å². The summed E-state index contributed by atoms with van der Waals surface area (Å²) in [5.74, 6) is 0.816. The van der Waals surface area contributed by atoms with Crippen LogP contribution in [0.3, 0.4) is 0 Å². The van der Waals surface area contributed by atoms with Crippen LogP contribution in [0.25, 0.3) is 0 Å². The summed E-state index contributed by atoms with van der Waals surface area (Å²) in [5.41, 5.74) is 0.844. The largest absolute Gasteiger partial charge is 0.126 e. The zero-order valence-corrected chi connectivity index (χ0v) is 10.7. The van der Waals surface area contributed by atoms with Crippen molar-refractivity contribution in [3.63, 3.8) is 0 Å². The van der Waals surface area contributed by atoms with Gasteiger partial charge in [-0.3, -0.25) is 0 Å². The summed E-state index contributed by atoms with van der Waals surface area (Å²) >= 11 is 6.05. The average molecular weight is 205 g/mol. The van der Waals surface area contributed by atoms with Crippen LogP contribution in [0.2, 0.25) is 0 Å². The van der Waals surface area contributed by atoms with Crippen LogP contribution in [-0.2, 0) is 0 Å². The van der Waals surface area contributed by atoms with Crippen LogP contribution < -0.4 is 0 Å². The molecule has 0 fully saturated rings. The summed E-state index contributed by atoms with van der Waals surface area (Å²) in [4.78, 5) is 0. The molecule has 0 unspecified atom stereocenters. The lowest BCUT2D eigenvalue weighted by Gasteiger charge is -2.32. The normalized spacial score (nSPS) is 13.4. The van der Waals surface area contributed by atoms with E-state index in [0.29, 0.717) is 10.8 Å². The third kappa shape index (κ3) is 4.90. The average Bonchev–Trinajstić information content (AvgIpc) is 2.06. The Morgan fingerprint density at radius 2 is 1.38 bits per heavy atom. The van der Waals surface area contributed by atoms with E-state index in [1.807, 2.05) is 0 Å². The molecular weight excluding hydrogens is 180 g/mol. The second-order valence-corrected chi connectivity index (χ2v) is 5.67. The highest BCUT2D eigenvalue weighted by atomic mass is 35.5. The number of alkyl halides is 1. The smallest absolute Gasteiger partial charge is 0.0279 e. The fourth-order valence-corrected chi connectivity index (χ4v) is 2.01. The third-order valence-corrected chi connectivity index (χ3v) is 3.76. The predicted molar refractivity (Wildman–Crippen MR) is 62.4 cm³/mol. The van der Waals surface area contributed by atoms with Gasteiger partial charge in [0.15, 0.2) is 0 Å². The van der Waals surface area contributed by atoms with Crippen LogP contribution in [0.1, 0.15) is 60.3 Å². The van der Waals surface area contributed by atoms with Crippen LogP contribution in [0, 0.1) is 10.8 Å². The third-order valence-electron chi connectivity index (χ3n) is 3.19. The van der Waals surface area contributed by atoms with Crippen molar-refractivity contribution in [1.29, 1.82) is 0 Å². The van der Waals surface area contributed by atoms with Crippen LogP contribution in [0.4, 0.5) is 0 Å². The van der Waals surface area contributed by atoms with E-state index in [2.05, 4.69) is 34.6 Å². The van der Waals surface area contributed by atoms with Gasteiger partial charge in [-0.05, 0) is 36.5 Å². The fourth-order valence-electron chi connectivity index (χ4n) is 1.50. The molecule has 13 heavy (non-hydrogen) atoms. The molecule has 0 aliphatic rings. The Morgan fingerprint density at radius 3 is 1.62 bits per heavy atom. The molecule has 80 valence electrons. The van der Waals surface area contributed by atoms with Gasteiger partial charge in [-0.25, -0.2) is 0 Å². The first kappa shape index (κ1) is 13.3. The fraction of sp³-hybridized carbons (Fsp3) is 1.00. The highest BCUT2D eigenvalue weighted by Gasteiger charge is 2.26. The topological polar surface area (TPSA) is 0 Å². The summed E-state index contributed by atoms with van der Waals surface area (Å²) in [6, 6.07) is 0. The maximum Gasteiger partial charge on any atom is 0.0279 e. The molecule has 0 aromatic heterocycles. The van der Waals surface area contributed by atoms with Gasteiger partial charge in [0.2, 0.25) is 0 Å². The zero-order chi connectivity index (χ0) is 10.5. The molecule has 0 atom stereocenters. The minimum atomic E-state index is 0.398. The lowest BCUT2D eigenvalue weighted by molar-refractivity contribution is 0.223. The summed E-state index contributed by atoms with van der Waals surface area (Å²) in [6.45, 7) is 11.4. The minimum Gasteiger partial charge on any atom is -0.126 e. The number of rotatable bonds is 5. The molecule has 0 rings (SSSR count). The van der Waals surface area contributed by atoms with Crippen LogP contribution in [0.15, 0.2) is 0 Å². The molecule has 0 N–H and O–H groups in total. The zero-order valence-electron chi connectivity index (χ0n) is 9.91. The molecule has 0 aromatic carbocycles. The van der Waals surface area contributed by atoms with Crippen LogP contribution >= 0.6 is 11.6 Å². The molecular formula is C12H25Cl. The van der Waals surface area contributed by atoms with Crippen LogP contribution in [0.5, 0.6) is 0 Å². The van der Waals surface area contributed by atoms with E-state index in [4.69, 9.17) is 11.6 Å². The SMILES string of the molecule is CCC(CC)(CCl)CCC(C)(C)C. The van der Waals surface area contributed by atoms with Crippen molar-refractivity contribution in [1.82, 2.24) is 0 Å².